The maximum atomic E-state index is 12.2. The average Bonchev–Trinajstić information content (AvgIpc) is 2.67. The summed E-state index contributed by atoms with van der Waals surface area (Å²) in [7, 11) is 1.59. The number of nitrogens with zero attached hydrogens (tertiary/aromatic N) is 1. The Balaban J connectivity index is 1.98. The van der Waals surface area contributed by atoms with E-state index >= 15 is 0 Å². The molecule has 2 aromatic rings. The van der Waals surface area contributed by atoms with E-state index in [9.17, 15) is 4.79 Å². The first-order chi connectivity index (χ1) is 13.1. The fraction of sp³-hybridized carbons (Fsp3) is 0.300. The third kappa shape index (κ3) is 6.48. The Morgan fingerprint density at radius 1 is 1.26 bits per heavy atom. The molecule has 0 atom stereocenters. The van der Waals surface area contributed by atoms with Gasteiger partial charge in [0.2, 0.25) is 5.91 Å². The van der Waals surface area contributed by atoms with Crippen LogP contribution in [0.5, 0.6) is 11.5 Å². The number of amides is 1. The van der Waals surface area contributed by atoms with Crippen molar-refractivity contribution in [1.29, 1.82) is 0 Å². The van der Waals surface area contributed by atoms with E-state index < -0.39 is 0 Å². The lowest BCUT2D eigenvalue weighted by atomic mass is 10.1. The van der Waals surface area contributed by atoms with Crippen LogP contribution in [0.25, 0.3) is 0 Å². The molecule has 0 spiro atoms. The standard InChI is InChI=1S/C20H23ClN2O3S/c1-4-9-26-17-7-5-14(10-18(17)25-2)13-22-23-20(24)12-15-11-16(21)6-8-19(15)27-3/h5-8,10-11,13H,4,9,12H2,1-3H3,(H,23,24)/b22-13-. The molecule has 0 saturated heterocycles. The van der Waals surface area contributed by atoms with Crippen molar-refractivity contribution in [2.75, 3.05) is 20.0 Å². The summed E-state index contributed by atoms with van der Waals surface area (Å²) in [4.78, 5) is 13.2. The molecule has 0 aromatic heterocycles. The fourth-order valence-corrected chi connectivity index (χ4v) is 3.16. The van der Waals surface area contributed by atoms with Gasteiger partial charge in [0.05, 0.1) is 26.4 Å². The predicted octanol–water partition coefficient (Wildman–Crippen LogP) is 4.55. The summed E-state index contributed by atoms with van der Waals surface area (Å²) in [5.74, 6) is 1.10. The van der Waals surface area contributed by atoms with Crippen LogP contribution in [-0.4, -0.2) is 32.1 Å². The van der Waals surface area contributed by atoms with Gasteiger partial charge in [-0.25, -0.2) is 5.43 Å². The molecule has 0 aliphatic heterocycles. The van der Waals surface area contributed by atoms with E-state index in [0.29, 0.717) is 23.1 Å². The molecule has 27 heavy (non-hydrogen) atoms. The third-order valence-corrected chi connectivity index (χ3v) is 4.72. The first-order valence-electron chi connectivity index (χ1n) is 8.52. The lowest BCUT2D eigenvalue weighted by molar-refractivity contribution is -0.120. The van der Waals surface area contributed by atoms with E-state index in [2.05, 4.69) is 10.5 Å². The predicted molar refractivity (Wildman–Crippen MR) is 111 cm³/mol. The van der Waals surface area contributed by atoms with Gasteiger partial charge in [-0.15, -0.1) is 11.8 Å². The van der Waals surface area contributed by atoms with Crippen LogP contribution < -0.4 is 14.9 Å². The van der Waals surface area contributed by atoms with Crippen molar-refractivity contribution in [3.8, 4) is 11.5 Å². The zero-order valence-corrected chi connectivity index (χ0v) is 17.2. The molecule has 1 N–H and O–H groups in total. The van der Waals surface area contributed by atoms with Crippen LogP contribution in [-0.2, 0) is 11.2 Å². The van der Waals surface area contributed by atoms with Gasteiger partial charge in [-0.1, -0.05) is 18.5 Å². The molecule has 0 aliphatic carbocycles. The van der Waals surface area contributed by atoms with E-state index in [4.69, 9.17) is 21.1 Å². The Hall–Kier alpha value is -2.18. The van der Waals surface area contributed by atoms with Crippen LogP contribution in [0, 0.1) is 0 Å². The minimum absolute atomic E-state index is 0.210. The number of thioether (sulfide) groups is 1. The van der Waals surface area contributed by atoms with Gasteiger partial charge >= 0.3 is 0 Å². The SMILES string of the molecule is CCCOc1ccc(/C=N\NC(=O)Cc2cc(Cl)ccc2SC)cc1OC. The molecule has 0 heterocycles. The molecule has 144 valence electrons. The van der Waals surface area contributed by atoms with Gasteiger partial charge in [0.1, 0.15) is 0 Å². The van der Waals surface area contributed by atoms with Gasteiger partial charge in [0.25, 0.3) is 0 Å². The molecule has 0 radical (unpaired) electrons. The van der Waals surface area contributed by atoms with Crippen LogP contribution in [0.4, 0.5) is 0 Å². The molecule has 0 bridgehead atoms. The van der Waals surface area contributed by atoms with E-state index in [0.717, 1.165) is 22.4 Å². The van der Waals surface area contributed by atoms with Gasteiger partial charge < -0.3 is 9.47 Å². The first kappa shape index (κ1) is 21.1. The number of methoxy groups -OCH3 is 1. The van der Waals surface area contributed by atoms with Gasteiger partial charge in [0, 0.05) is 9.92 Å². The van der Waals surface area contributed by atoms with E-state index in [-0.39, 0.29) is 12.3 Å². The number of nitrogens with one attached hydrogen (secondary N) is 1. The number of carbonyl (C=O) groups excluding carboxylic acids is 1. The number of rotatable bonds is 9. The van der Waals surface area contributed by atoms with E-state index in [1.807, 2.05) is 43.5 Å². The second kappa shape index (κ2) is 10.8. The summed E-state index contributed by atoms with van der Waals surface area (Å²) < 4.78 is 11.0. The van der Waals surface area contributed by atoms with Gasteiger partial charge in [-0.3, -0.25) is 4.79 Å². The van der Waals surface area contributed by atoms with E-state index in [1.165, 1.54) is 0 Å². The van der Waals surface area contributed by atoms with Crippen molar-refractivity contribution < 1.29 is 14.3 Å². The van der Waals surface area contributed by atoms with Gasteiger partial charge in [-0.05, 0) is 60.2 Å². The zero-order chi connectivity index (χ0) is 19.6. The highest BCUT2D eigenvalue weighted by molar-refractivity contribution is 7.98. The van der Waals surface area contributed by atoms with Gasteiger partial charge in [-0.2, -0.15) is 5.10 Å². The van der Waals surface area contributed by atoms with E-state index in [1.54, 1.807) is 31.2 Å². The number of benzene rings is 2. The first-order valence-corrected chi connectivity index (χ1v) is 10.1. The molecule has 2 aromatic carbocycles. The van der Waals surface area contributed by atoms with Crippen LogP contribution in [0.3, 0.4) is 0 Å². The maximum absolute atomic E-state index is 12.2. The number of carbonyl (C=O) groups is 1. The summed E-state index contributed by atoms with van der Waals surface area (Å²) in [5.41, 5.74) is 4.21. The summed E-state index contributed by atoms with van der Waals surface area (Å²) in [6.45, 7) is 2.67. The number of hydrogen-bond acceptors (Lipinski definition) is 5. The summed E-state index contributed by atoms with van der Waals surface area (Å²) in [6.07, 6.45) is 4.66. The van der Waals surface area contributed by atoms with Crippen molar-refractivity contribution >= 4 is 35.5 Å². The molecule has 0 unspecified atom stereocenters. The summed E-state index contributed by atoms with van der Waals surface area (Å²) in [6, 6.07) is 11.0. The quantitative estimate of drug-likeness (QED) is 0.377. The second-order valence-electron chi connectivity index (χ2n) is 5.68. The van der Waals surface area contributed by atoms with Crippen molar-refractivity contribution in [2.24, 2.45) is 5.10 Å². The molecule has 0 fully saturated rings. The van der Waals surface area contributed by atoms with Crippen molar-refractivity contribution in [2.45, 2.75) is 24.7 Å². The lowest BCUT2D eigenvalue weighted by Gasteiger charge is -2.10. The van der Waals surface area contributed by atoms with Crippen LogP contribution >= 0.6 is 23.4 Å². The Morgan fingerprint density at radius 3 is 2.78 bits per heavy atom. The van der Waals surface area contributed by atoms with Crippen molar-refractivity contribution in [3.05, 3.63) is 52.5 Å². The lowest BCUT2D eigenvalue weighted by Crippen LogP contribution is -2.20. The number of hydrazone groups is 1. The minimum Gasteiger partial charge on any atom is -0.493 e. The fourth-order valence-electron chi connectivity index (χ4n) is 2.37. The van der Waals surface area contributed by atoms with Crippen LogP contribution in [0.1, 0.15) is 24.5 Å². The molecule has 1 amide bonds. The topological polar surface area (TPSA) is 59.9 Å². The normalized spacial score (nSPS) is 10.8. The largest absolute Gasteiger partial charge is 0.493 e. The Bertz CT molecular complexity index is 812. The van der Waals surface area contributed by atoms with Gasteiger partial charge in [0.15, 0.2) is 11.5 Å². The Labute approximate surface area is 169 Å². The van der Waals surface area contributed by atoms with Crippen LogP contribution in [0.2, 0.25) is 5.02 Å². The Morgan fingerprint density at radius 2 is 2.07 bits per heavy atom. The Kier molecular flexibility index (Phi) is 8.48. The third-order valence-electron chi connectivity index (χ3n) is 3.65. The molecule has 5 nitrogen and oxygen atoms in total. The maximum Gasteiger partial charge on any atom is 0.244 e. The molecule has 7 heteroatoms. The molecule has 0 saturated carbocycles. The zero-order valence-electron chi connectivity index (χ0n) is 15.6. The molecule has 2 rings (SSSR count). The molecular weight excluding hydrogens is 384 g/mol. The minimum atomic E-state index is -0.210. The highest BCUT2D eigenvalue weighted by Gasteiger charge is 2.08. The number of hydrogen-bond donors (Lipinski definition) is 1. The summed E-state index contributed by atoms with van der Waals surface area (Å²) >= 11 is 7.60. The second-order valence-corrected chi connectivity index (χ2v) is 6.97. The number of halogens is 1. The summed E-state index contributed by atoms with van der Waals surface area (Å²) in [5, 5.41) is 4.63. The molecular formula is C20H23ClN2O3S. The van der Waals surface area contributed by atoms with Crippen molar-refractivity contribution in [3.63, 3.8) is 0 Å². The number of ether oxygens (including phenoxy) is 2. The molecule has 0 aliphatic rings. The smallest absolute Gasteiger partial charge is 0.244 e. The monoisotopic (exact) mass is 406 g/mol. The average molecular weight is 407 g/mol. The highest BCUT2D eigenvalue weighted by Crippen LogP contribution is 2.27. The van der Waals surface area contributed by atoms with Crippen molar-refractivity contribution in [1.82, 2.24) is 5.43 Å². The van der Waals surface area contributed by atoms with Crippen LogP contribution in [0.15, 0.2) is 46.4 Å². The highest BCUT2D eigenvalue weighted by atomic mass is 35.5.